The van der Waals surface area contributed by atoms with E-state index < -0.39 is 0 Å². The molecule has 1 saturated heterocycles. The van der Waals surface area contributed by atoms with Crippen molar-refractivity contribution in [1.82, 2.24) is 5.32 Å². The number of ether oxygens (including phenoxy) is 2. The van der Waals surface area contributed by atoms with E-state index in [1.807, 2.05) is 31.2 Å². The molecule has 0 bridgehead atoms. The van der Waals surface area contributed by atoms with Crippen LogP contribution in [0.15, 0.2) is 48.5 Å². The molecule has 2 aromatic rings. The molecule has 0 radical (unpaired) electrons. The Bertz CT molecular complexity index is 783. The van der Waals surface area contributed by atoms with E-state index in [1.165, 1.54) is 0 Å². The number of nitrogens with one attached hydrogen (secondary N) is 2. The zero-order chi connectivity index (χ0) is 19.1. The quantitative estimate of drug-likeness (QED) is 0.788. The van der Waals surface area contributed by atoms with Gasteiger partial charge in [-0.1, -0.05) is 18.2 Å². The summed E-state index contributed by atoms with van der Waals surface area (Å²) in [6, 6.07) is 14.3. The molecular weight excluding hydrogens is 344 g/mol. The van der Waals surface area contributed by atoms with Gasteiger partial charge in [0.1, 0.15) is 5.75 Å². The monoisotopic (exact) mass is 368 g/mol. The summed E-state index contributed by atoms with van der Waals surface area (Å²) in [4.78, 5) is 24.2. The van der Waals surface area contributed by atoms with Gasteiger partial charge in [-0.15, -0.1) is 0 Å². The predicted molar refractivity (Wildman–Crippen MR) is 103 cm³/mol. The van der Waals surface area contributed by atoms with Crippen molar-refractivity contribution in [3.63, 3.8) is 0 Å². The maximum Gasteiger partial charge on any atom is 0.262 e. The molecule has 1 atom stereocenters. The Hall–Kier alpha value is -2.86. The van der Waals surface area contributed by atoms with Gasteiger partial charge >= 0.3 is 0 Å². The third-order valence-corrected chi connectivity index (χ3v) is 4.40. The molecule has 1 fully saturated rings. The number of hydrogen-bond donors (Lipinski definition) is 2. The molecule has 0 unspecified atom stereocenters. The average Bonchev–Trinajstić information content (AvgIpc) is 3.20. The number of amides is 2. The molecule has 0 aromatic heterocycles. The number of para-hydroxylation sites is 1. The van der Waals surface area contributed by atoms with Crippen molar-refractivity contribution in [1.29, 1.82) is 0 Å². The van der Waals surface area contributed by atoms with Crippen LogP contribution >= 0.6 is 0 Å². The summed E-state index contributed by atoms with van der Waals surface area (Å²) in [5, 5.41) is 5.63. The molecular formula is C21H24N2O4. The molecule has 1 heterocycles. The fourth-order valence-corrected chi connectivity index (χ4v) is 2.88. The molecule has 0 spiro atoms. The normalized spacial score (nSPS) is 16.0. The van der Waals surface area contributed by atoms with E-state index in [2.05, 4.69) is 10.6 Å². The van der Waals surface area contributed by atoms with Crippen LogP contribution in [0.1, 0.15) is 28.8 Å². The van der Waals surface area contributed by atoms with Crippen molar-refractivity contribution in [2.75, 3.05) is 25.1 Å². The van der Waals surface area contributed by atoms with Crippen LogP contribution in [0, 0.1) is 6.92 Å². The van der Waals surface area contributed by atoms with Crippen molar-refractivity contribution in [3.05, 3.63) is 59.7 Å². The molecule has 142 valence electrons. The van der Waals surface area contributed by atoms with Crippen LogP contribution in [0.4, 0.5) is 5.69 Å². The second-order valence-corrected chi connectivity index (χ2v) is 6.52. The number of anilines is 1. The fourth-order valence-electron chi connectivity index (χ4n) is 2.88. The molecule has 6 heteroatoms. The minimum Gasteiger partial charge on any atom is -0.483 e. The summed E-state index contributed by atoms with van der Waals surface area (Å²) in [5.41, 5.74) is 2.13. The number of aryl methyl sites for hydroxylation is 1. The second-order valence-electron chi connectivity index (χ2n) is 6.52. The first kappa shape index (κ1) is 18.9. The molecule has 2 aromatic carbocycles. The number of benzene rings is 2. The van der Waals surface area contributed by atoms with Gasteiger partial charge in [0.25, 0.3) is 11.8 Å². The Morgan fingerprint density at radius 3 is 2.63 bits per heavy atom. The van der Waals surface area contributed by atoms with Gasteiger partial charge in [-0.3, -0.25) is 9.59 Å². The first-order valence-corrected chi connectivity index (χ1v) is 9.10. The van der Waals surface area contributed by atoms with Crippen LogP contribution in [-0.2, 0) is 9.53 Å². The van der Waals surface area contributed by atoms with E-state index in [0.717, 1.165) is 25.0 Å². The van der Waals surface area contributed by atoms with Crippen LogP contribution in [0.3, 0.4) is 0 Å². The van der Waals surface area contributed by atoms with Crippen molar-refractivity contribution >= 4 is 17.5 Å². The smallest absolute Gasteiger partial charge is 0.262 e. The molecule has 6 nitrogen and oxygen atoms in total. The molecule has 27 heavy (non-hydrogen) atoms. The van der Waals surface area contributed by atoms with Crippen molar-refractivity contribution in [2.45, 2.75) is 25.9 Å². The van der Waals surface area contributed by atoms with Gasteiger partial charge in [0.05, 0.1) is 6.10 Å². The number of carbonyl (C=O) groups excluding carboxylic acids is 2. The van der Waals surface area contributed by atoms with Crippen LogP contribution in [-0.4, -0.2) is 37.7 Å². The lowest BCUT2D eigenvalue weighted by Crippen LogP contribution is -2.31. The largest absolute Gasteiger partial charge is 0.483 e. The van der Waals surface area contributed by atoms with Crippen LogP contribution < -0.4 is 15.4 Å². The zero-order valence-corrected chi connectivity index (χ0v) is 15.4. The van der Waals surface area contributed by atoms with E-state index in [4.69, 9.17) is 9.47 Å². The zero-order valence-electron chi connectivity index (χ0n) is 15.4. The van der Waals surface area contributed by atoms with Gasteiger partial charge in [-0.05, 0) is 55.7 Å². The highest BCUT2D eigenvalue weighted by atomic mass is 16.5. The number of hydrogen-bond acceptors (Lipinski definition) is 4. The maximum atomic E-state index is 12.2. The highest BCUT2D eigenvalue weighted by Gasteiger charge is 2.16. The third-order valence-electron chi connectivity index (χ3n) is 4.40. The van der Waals surface area contributed by atoms with Crippen molar-refractivity contribution in [3.8, 4) is 5.75 Å². The van der Waals surface area contributed by atoms with Gasteiger partial charge in [-0.2, -0.15) is 0 Å². The lowest BCUT2D eigenvalue weighted by atomic mass is 10.2. The average molecular weight is 368 g/mol. The van der Waals surface area contributed by atoms with Gasteiger partial charge in [-0.25, -0.2) is 0 Å². The highest BCUT2D eigenvalue weighted by molar-refractivity contribution is 5.96. The summed E-state index contributed by atoms with van der Waals surface area (Å²) < 4.78 is 11.0. The van der Waals surface area contributed by atoms with Crippen LogP contribution in [0.5, 0.6) is 5.75 Å². The Kier molecular flexibility index (Phi) is 6.44. The first-order chi connectivity index (χ1) is 13.1. The fraction of sp³-hybridized carbons (Fsp3) is 0.333. The lowest BCUT2D eigenvalue weighted by molar-refractivity contribution is -0.118. The van der Waals surface area contributed by atoms with E-state index >= 15 is 0 Å². The number of rotatable bonds is 7. The van der Waals surface area contributed by atoms with E-state index in [-0.39, 0.29) is 24.5 Å². The molecule has 0 aliphatic carbocycles. The SMILES string of the molecule is Cc1ccccc1OCC(=O)Nc1ccc(C(=O)NC[C@@H]2CCCO2)cc1. The van der Waals surface area contributed by atoms with Gasteiger partial charge < -0.3 is 20.1 Å². The minimum atomic E-state index is -0.256. The van der Waals surface area contributed by atoms with E-state index in [1.54, 1.807) is 24.3 Å². The summed E-state index contributed by atoms with van der Waals surface area (Å²) >= 11 is 0. The molecule has 2 N–H and O–H groups in total. The maximum absolute atomic E-state index is 12.2. The Morgan fingerprint density at radius 1 is 1.15 bits per heavy atom. The molecule has 1 aliphatic heterocycles. The standard InChI is InChI=1S/C21H24N2O4/c1-15-5-2-3-7-19(15)27-14-20(24)23-17-10-8-16(9-11-17)21(25)22-13-18-6-4-12-26-18/h2-3,5,7-11,18H,4,6,12-14H2,1H3,(H,22,25)(H,23,24)/t18-/m0/s1. The summed E-state index contributed by atoms with van der Waals surface area (Å²) in [5.74, 6) is 0.283. The second kappa shape index (κ2) is 9.19. The predicted octanol–water partition coefficient (Wildman–Crippen LogP) is 2.92. The molecule has 2 amide bonds. The topological polar surface area (TPSA) is 76.7 Å². The lowest BCUT2D eigenvalue weighted by Gasteiger charge is -2.11. The number of carbonyl (C=O) groups is 2. The Labute approximate surface area is 158 Å². The molecule has 3 rings (SSSR count). The van der Waals surface area contributed by atoms with Gasteiger partial charge in [0.15, 0.2) is 6.61 Å². The third kappa shape index (κ3) is 5.56. The summed E-state index contributed by atoms with van der Waals surface area (Å²) in [7, 11) is 0. The molecule has 0 saturated carbocycles. The van der Waals surface area contributed by atoms with E-state index in [9.17, 15) is 9.59 Å². The summed E-state index contributed by atoms with van der Waals surface area (Å²) in [6.45, 7) is 3.14. The van der Waals surface area contributed by atoms with Gasteiger partial charge in [0.2, 0.25) is 0 Å². The van der Waals surface area contributed by atoms with E-state index in [0.29, 0.717) is 23.5 Å². The Morgan fingerprint density at radius 2 is 1.93 bits per heavy atom. The highest BCUT2D eigenvalue weighted by Crippen LogP contribution is 2.16. The Balaban J connectivity index is 1.45. The summed E-state index contributed by atoms with van der Waals surface area (Å²) in [6.07, 6.45) is 2.14. The van der Waals surface area contributed by atoms with Crippen molar-refractivity contribution in [2.24, 2.45) is 0 Å². The van der Waals surface area contributed by atoms with Crippen LogP contribution in [0.2, 0.25) is 0 Å². The minimum absolute atomic E-state index is 0.0749. The first-order valence-electron chi connectivity index (χ1n) is 9.10. The van der Waals surface area contributed by atoms with Crippen LogP contribution in [0.25, 0.3) is 0 Å². The molecule has 1 aliphatic rings. The van der Waals surface area contributed by atoms with Crippen molar-refractivity contribution < 1.29 is 19.1 Å². The van der Waals surface area contributed by atoms with Gasteiger partial charge in [0, 0.05) is 24.4 Å².